The molecule has 1 heterocycles. The standard InChI is InChI=1S/C24H34O2S/c1-23-9-7-17(25)14-16(23)5-6-19-20(23)8-10-24(2)21(19)13-15(22(24)26)12-18-4-3-11-27-18/h3-4,11-12,16-17,19-22,25-26H,5-10,13-14H2,1-2H3. The third-order valence-corrected chi connectivity index (χ3v) is 10.2. The van der Waals surface area contributed by atoms with E-state index in [4.69, 9.17) is 0 Å². The normalized spacial score (nSPS) is 50.9. The van der Waals surface area contributed by atoms with E-state index in [2.05, 4.69) is 37.4 Å². The van der Waals surface area contributed by atoms with E-state index in [9.17, 15) is 10.2 Å². The summed E-state index contributed by atoms with van der Waals surface area (Å²) >= 11 is 1.77. The third kappa shape index (κ3) is 2.72. The van der Waals surface area contributed by atoms with Gasteiger partial charge in [0.25, 0.3) is 0 Å². The molecule has 0 amide bonds. The predicted octanol–water partition coefficient (Wildman–Crippen LogP) is 5.51. The van der Waals surface area contributed by atoms with E-state index in [1.54, 1.807) is 11.3 Å². The predicted molar refractivity (Wildman–Crippen MR) is 111 cm³/mol. The zero-order valence-electron chi connectivity index (χ0n) is 16.7. The van der Waals surface area contributed by atoms with E-state index < -0.39 is 0 Å². The maximum atomic E-state index is 11.3. The fourth-order valence-electron chi connectivity index (χ4n) is 7.79. The Bertz CT molecular complexity index is 725. The van der Waals surface area contributed by atoms with Gasteiger partial charge in [-0.1, -0.05) is 19.9 Å². The Balaban J connectivity index is 1.45. The number of aliphatic hydroxyl groups is 2. The monoisotopic (exact) mass is 386 g/mol. The lowest BCUT2D eigenvalue weighted by molar-refractivity contribution is -0.133. The highest BCUT2D eigenvalue weighted by Crippen LogP contribution is 2.67. The van der Waals surface area contributed by atoms with Crippen molar-refractivity contribution in [3.05, 3.63) is 28.0 Å². The average Bonchev–Trinajstić information content (AvgIpc) is 3.24. The summed E-state index contributed by atoms with van der Waals surface area (Å²) in [6.45, 7) is 4.91. The molecule has 2 nitrogen and oxygen atoms in total. The smallest absolute Gasteiger partial charge is 0.0810 e. The van der Waals surface area contributed by atoms with Crippen molar-refractivity contribution in [2.75, 3.05) is 0 Å². The third-order valence-electron chi connectivity index (χ3n) is 9.38. The maximum absolute atomic E-state index is 11.3. The number of aliphatic hydroxyl groups excluding tert-OH is 2. The van der Waals surface area contributed by atoms with Crippen molar-refractivity contribution in [2.45, 2.75) is 77.4 Å². The van der Waals surface area contributed by atoms with Crippen LogP contribution in [0.4, 0.5) is 0 Å². The Hall–Kier alpha value is -0.640. The van der Waals surface area contributed by atoms with Crippen molar-refractivity contribution in [3.8, 4) is 0 Å². The van der Waals surface area contributed by atoms with Crippen molar-refractivity contribution in [1.29, 1.82) is 0 Å². The first-order valence-electron chi connectivity index (χ1n) is 11.0. The summed E-state index contributed by atoms with van der Waals surface area (Å²) in [5.74, 6) is 2.88. The molecule has 8 atom stereocenters. The van der Waals surface area contributed by atoms with Gasteiger partial charge in [0.15, 0.2) is 0 Å². The number of hydrogen-bond acceptors (Lipinski definition) is 3. The van der Waals surface area contributed by atoms with Crippen LogP contribution in [0, 0.1) is 34.5 Å². The lowest BCUT2D eigenvalue weighted by Crippen LogP contribution is -2.54. The number of rotatable bonds is 1. The molecule has 4 saturated carbocycles. The van der Waals surface area contributed by atoms with Gasteiger partial charge in [-0.05, 0) is 104 Å². The van der Waals surface area contributed by atoms with Crippen LogP contribution < -0.4 is 0 Å². The molecule has 4 fully saturated rings. The van der Waals surface area contributed by atoms with E-state index >= 15 is 0 Å². The molecule has 8 unspecified atom stereocenters. The quantitative estimate of drug-likeness (QED) is 0.668. The maximum Gasteiger partial charge on any atom is 0.0810 e. The van der Waals surface area contributed by atoms with E-state index in [0.717, 1.165) is 37.5 Å². The second kappa shape index (κ2) is 6.43. The number of thiophene rings is 1. The molecule has 2 N–H and O–H groups in total. The Labute approximate surface area is 167 Å². The first kappa shape index (κ1) is 18.4. The largest absolute Gasteiger partial charge is 0.393 e. The Morgan fingerprint density at radius 2 is 1.85 bits per heavy atom. The van der Waals surface area contributed by atoms with Crippen LogP contribution in [0.25, 0.3) is 6.08 Å². The fourth-order valence-corrected chi connectivity index (χ4v) is 8.48. The SMILES string of the molecule is CC12CCC(O)CC1CCC1C2CCC2(C)C(O)C(=Cc3cccs3)CC12. The minimum absolute atomic E-state index is 0.0572. The fraction of sp³-hybridized carbons (Fsp3) is 0.750. The summed E-state index contributed by atoms with van der Waals surface area (Å²) in [4.78, 5) is 1.28. The molecule has 4 aliphatic rings. The highest BCUT2D eigenvalue weighted by atomic mass is 32.1. The van der Waals surface area contributed by atoms with Crippen LogP contribution in [0.15, 0.2) is 23.1 Å². The van der Waals surface area contributed by atoms with Crippen LogP contribution in [0.1, 0.15) is 70.1 Å². The van der Waals surface area contributed by atoms with Crippen LogP contribution in [0.5, 0.6) is 0 Å². The molecule has 0 spiro atoms. The lowest BCUT2D eigenvalue weighted by atomic mass is 9.45. The van der Waals surface area contributed by atoms with Crippen molar-refractivity contribution < 1.29 is 10.2 Å². The molecule has 1 aromatic heterocycles. The summed E-state index contributed by atoms with van der Waals surface area (Å²) in [7, 11) is 0. The van der Waals surface area contributed by atoms with E-state index in [1.165, 1.54) is 36.1 Å². The van der Waals surface area contributed by atoms with Crippen LogP contribution >= 0.6 is 11.3 Å². The van der Waals surface area contributed by atoms with E-state index in [1.807, 2.05) is 0 Å². The lowest BCUT2D eigenvalue weighted by Gasteiger charge is -2.60. The molecular weight excluding hydrogens is 352 g/mol. The van der Waals surface area contributed by atoms with Crippen LogP contribution in [0.3, 0.4) is 0 Å². The summed E-state index contributed by atoms with van der Waals surface area (Å²) in [6.07, 6.45) is 11.2. The molecule has 0 bridgehead atoms. The molecule has 1 aromatic rings. The van der Waals surface area contributed by atoms with Crippen molar-refractivity contribution in [1.82, 2.24) is 0 Å². The summed E-state index contributed by atoms with van der Waals surface area (Å²) in [5, 5.41) is 23.6. The highest BCUT2D eigenvalue weighted by Gasteiger charge is 2.61. The molecule has 0 aliphatic heterocycles. The van der Waals surface area contributed by atoms with Crippen molar-refractivity contribution >= 4 is 17.4 Å². The van der Waals surface area contributed by atoms with Crippen molar-refractivity contribution in [3.63, 3.8) is 0 Å². The topological polar surface area (TPSA) is 40.5 Å². The van der Waals surface area contributed by atoms with Gasteiger partial charge in [-0.25, -0.2) is 0 Å². The second-order valence-corrected chi connectivity index (χ2v) is 11.5. The van der Waals surface area contributed by atoms with Gasteiger partial charge < -0.3 is 10.2 Å². The summed E-state index contributed by atoms with van der Waals surface area (Å²) in [5.41, 5.74) is 1.74. The Kier molecular flexibility index (Phi) is 4.38. The van der Waals surface area contributed by atoms with Gasteiger partial charge in [0.2, 0.25) is 0 Å². The van der Waals surface area contributed by atoms with Crippen LogP contribution in [0.2, 0.25) is 0 Å². The Morgan fingerprint density at radius 3 is 2.63 bits per heavy atom. The van der Waals surface area contributed by atoms with Gasteiger partial charge >= 0.3 is 0 Å². The minimum Gasteiger partial charge on any atom is -0.393 e. The molecular formula is C24H34O2S. The average molecular weight is 387 g/mol. The molecule has 148 valence electrons. The summed E-state index contributed by atoms with van der Waals surface area (Å²) in [6, 6.07) is 4.26. The molecule has 0 radical (unpaired) electrons. The van der Waals surface area contributed by atoms with E-state index in [-0.39, 0.29) is 17.6 Å². The molecule has 27 heavy (non-hydrogen) atoms. The molecule has 0 aromatic carbocycles. The van der Waals surface area contributed by atoms with Gasteiger partial charge in [0, 0.05) is 10.3 Å². The number of fused-ring (bicyclic) bond motifs is 5. The first-order valence-corrected chi connectivity index (χ1v) is 11.9. The van der Waals surface area contributed by atoms with Gasteiger partial charge in [-0.3, -0.25) is 0 Å². The van der Waals surface area contributed by atoms with Crippen LogP contribution in [-0.4, -0.2) is 22.4 Å². The second-order valence-electron chi connectivity index (χ2n) is 10.5. The molecule has 5 rings (SSSR count). The molecule has 4 aliphatic carbocycles. The van der Waals surface area contributed by atoms with E-state index in [0.29, 0.717) is 17.3 Å². The van der Waals surface area contributed by atoms with Crippen molar-refractivity contribution in [2.24, 2.45) is 34.5 Å². The molecule has 0 saturated heterocycles. The zero-order chi connectivity index (χ0) is 18.8. The molecule has 3 heteroatoms. The van der Waals surface area contributed by atoms with Gasteiger partial charge in [-0.15, -0.1) is 11.3 Å². The van der Waals surface area contributed by atoms with Gasteiger partial charge in [0.05, 0.1) is 12.2 Å². The first-order chi connectivity index (χ1) is 12.9. The van der Waals surface area contributed by atoms with Crippen LogP contribution in [-0.2, 0) is 0 Å². The zero-order valence-corrected chi connectivity index (χ0v) is 17.5. The minimum atomic E-state index is -0.274. The van der Waals surface area contributed by atoms with Gasteiger partial charge in [-0.2, -0.15) is 0 Å². The summed E-state index contributed by atoms with van der Waals surface area (Å²) < 4.78 is 0. The Morgan fingerprint density at radius 1 is 1.04 bits per heavy atom. The highest BCUT2D eigenvalue weighted by molar-refractivity contribution is 7.10. The van der Waals surface area contributed by atoms with Gasteiger partial charge in [0.1, 0.15) is 0 Å². The number of hydrogen-bond donors (Lipinski definition) is 2.